The summed E-state index contributed by atoms with van der Waals surface area (Å²) < 4.78 is 15.6. The number of nitrogens with zero attached hydrogens (tertiary/aromatic N) is 4. The van der Waals surface area contributed by atoms with E-state index in [-0.39, 0.29) is 17.6 Å². The maximum atomic E-state index is 13.9. The molecule has 2 heterocycles. The van der Waals surface area contributed by atoms with Crippen LogP contribution in [0.25, 0.3) is 5.69 Å². The molecule has 150 valence electrons. The van der Waals surface area contributed by atoms with Crippen molar-refractivity contribution in [3.63, 3.8) is 0 Å². The van der Waals surface area contributed by atoms with Gasteiger partial charge in [-0.15, -0.1) is 16.4 Å². The van der Waals surface area contributed by atoms with Gasteiger partial charge in [-0.25, -0.2) is 14.1 Å². The Balaban J connectivity index is 1.36. The Bertz CT molecular complexity index is 1200. The zero-order valence-corrected chi connectivity index (χ0v) is 16.8. The summed E-state index contributed by atoms with van der Waals surface area (Å²) in [5.41, 5.74) is 2.64. The average molecular weight is 419 g/mol. The molecule has 1 N–H and O–H groups in total. The van der Waals surface area contributed by atoms with Crippen molar-refractivity contribution in [2.45, 2.75) is 25.2 Å². The average Bonchev–Trinajstić information content (AvgIpc) is 3.35. The van der Waals surface area contributed by atoms with Crippen molar-refractivity contribution >= 4 is 22.4 Å². The molecule has 1 aliphatic carbocycles. The molecule has 1 aliphatic rings. The van der Waals surface area contributed by atoms with Crippen LogP contribution in [-0.2, 0) is 6.42 Å². The Morgan fingerprint density at radius 3 is 2.67 bits per heavy atom. The molecule has 1 fully saturated rings. The number of anilines is 1. The minimum absolute atomic E-state index is 0.247. The van der Waals surface area contributed by atoms with Crippen molar-refractivity contribution < 1.29 is 9.18 Å². The van der Waals surface area contributed by atoms with Gasteiger partial charge in [-0.05, 0) is 36.6 Å². The SMILES string of the molecule is O=C(Nc1ncc(Cc2ccccc2F)s1)c1nnn(-c2ccccc2)c1C1CC1. The highest BCUT2D eigenvalue weighted by molar-refractivity contribution is 7.15. The smallest absolute Gasteiger partial charge is 0.279 e. The number of halogens is 1. The van der Waals surface area contributed by atoms with Crippen LogP contribution < -0.4 is 5.32 Å². The van der Waals surface area contributed by atoms with Gasteiger partial charge in [0.1, 0.15) is 5.82 Å². The van der Waals surface area contributed by atoms with Crippen molar-refractivity contribution in [2.75, 3.05) is 5.32 Å². The van der Waals surface area contributed by atoms with Crippen LogP contribution in [0.5, 0.6) is 0 Å². The van der Waals surface area contributed by atoms with Gasteiger partial charge in [0.15, 0.2) is 10.8 Å². The third-order valence-electron chi connectivity index (χ3n) is 4.98. The maximum absolute atomic E-state index is 13.9. The predicted octanol–water partition coefficient (Wildman–Crippen LogP) is 4.58. The maximum Gasteiger partial charge on any atom is 0.279 e. The van der Waals surface area contributed by atoms with Gasteiger partial charge in [-0.2, -0.15) is 0 Å². The van der Waals surface area contributed by atoms with E-state index in [1.54, 1.807) is 29.1 Å². The molecule has 0 unspecified atom stereocenters. The number of thiazole rings is 1. The van der Waals surface area contributed by atoms with Gasteiger partial charge < -0.3 is 0 Å². The van der Waals surface area contributed by atoms with E-state index < -0.39 is 0 Å². The van der Waals surface area contributed by atoms with E-state index in [9.17, 15) is 9.18 Å². The first-order chi connectivity index (χ1) is 14.7. The van der Waals surface area contributed by atoms with Crippen molar-refractivity contribution in [3.05, 3.63) is 88.4 Å². The molecule has 5 rings (SSSR count). The second kappa shape index (κ2) is 7.79. The lowest BCUT2D eigenvalue weighted by Crippen LogP contribution is -2.15. The Morgan fingerprint density at radius 1 is 1.13 bits per heavy atom. The molecule has 1 saturated carbocycles. The molecule has 0 aliphatic heterocycles. The Labute approximate surface area is 176 Å². The fraction of sp³-hybridized carbons (Fsp3) is 0.182. The number of hydrogen-bond acceptors (Lipinski definition) is 5. The van der Waals surface area contributed by atoms with Crippen molar-refractivity contribution in [3.8, 4) is 5.69 Å². The van der Waals surface area contributed by atoms with Gasteiger partial charge in [0, 0.05) is 23.4 Å². The number of para-hydroxylation sites is 1. The van der Waals surface area contributed by atoms with E-state index in [1.165, 1.54) is 17.4 Å². The summed E-state index contributed by atoms with van der Waals surface area (Å²) in [6.45, 7) is 0. The summed E-state index contributed by atoms with van der Waals surface area (Å²) >= 11 is 1.33. The minimum Gasteiger partial charge on any atom is -0.296 e. The van der Waals surface area contributed by atoms with Crippen LogP contribution in [0.1, 0.15) is 45.4 Å². The molecule has 1 amide bonds. The first-order valence-corrected chi connectivity index (χ1v) is 10.5. The summed E-state index contributed by atoms with van der Waals surface area (Å²) in [6.07, 6.45) is 4.13. The van der Waals surface area contributed by atoms with Crippen molar-refractivity contribution in [1.82, 2.24) is 20.0 Å². The molecule has 4 aromatic rings. The number of hydrogen-bond donors (Lipinski definition) is 1. The quantitative estimate of drug-likeness (QED) is 0.496. The third kappa shape index (κ3) is 3.73. The molecule has 6 nitrogen and oxygen atoms in total. The van der Waals surface area contributed by atoms with Crippen LogP contribution >= 0.6 is 11.3 Å². The zero-order valence-electron chi connectivity index (χ0n) is 16.0. The van der Waals surface area contributed by atoms with Crippen LogP contribution in [-0.4, -0.2) is 25.9 Å². The van der Waals surface area contributed by atoms with E-state index in [2.05, 4.69) is 20.6 Å². The number of benzene rings is 2. The summed E-state index contributed by atoms with van der Waals surface area (Å²) in [5, 5.41) is 11.7. The van der Waals surface area contributed by atoms with E-state index in [4.69, 9.17) is 0 Å². The molecule has 0 spiro atoms. The lowest BCUT2D eigenvalue weighted by Gasteiger charge is -2.06. The second-order valence-corrected chi connectivity index (χ2v) is 8.31. The van der Waals surface area contributed by atoms with Gasteiger partial charge >= 0.3 is 0 Å². The number of rotatable bonds is 6. The topological polar surface area (TPSA) is 72.7 Å². The molecule has 30 heavy (non-hydrogen) atoms. The minimum atomic E-state index is -0.328. The van der Waals surface area contributed by atoms with Crippen molar-refractivity contribution in [1.29, 1.82) is 0 Å². The molecule has 0 radical (unpaired) electrons. The van der Waals surface area contributed by atoms with Crippen LogP contribution in [0.2, 0.25) is 0 Å². The monoisotopic (exact) mass is 419 g/mol. The largest absolute Gasteiger partial charge is 0.296 e. The molecular formula is C22H18FN5OS. The normalized spacial score (nSPS) is 13.4. The Morgan fingerprint density at radius 2 is 1.90 bits per heavy atom. The molecular weight excluding hydrogens is 401 g/mol. The van der Waals surface area contributed by atoms with Crippen LogP contribution in [0.15, 0.2) is 60.8 Å². The molecule has 2 aromatic heterocycles. The van der Waals surface area contributed by atoms with E-state index in [0.717, 1.165) is 29.1 Å². The fourth-order valence-corrected chi connectivity index (χ4v) is 4.20. The van der Waals surface area contributed by atoms with Gasteiger partial charge in [0.05, 0.1) is 11.4 Å². The molecule has 0 bridgehead atoms. The van der Waals surface area contributed by atoms with Gasteiger partial charge in [-0.3, -0.25) is 10.1 Å². The van der Waals surface area contributed by atoms with Crippen molar-refractivity contribution in [2.24, 2.45) is 0 Å². The molecule has 0 saturated heterocycles. The fourth-order valence-electron chi connectivity index (χ4n) is 3.37. The van der Waals surface area contributed by atoms with Crippen LogP contribution in [0.4, 0.5) is 9.52 Å². The number of carbonyl (C=O) groups excluding carboxylic acids is 1. The summed E-state index contributed by atoms with van der Waals surface area (Å²) in [6, 6.07) is 16.3. The molecule has 8 heteroatoms. The number of nitrogens with one attached hydrogen (secondary N) is 1. The van der Waals surface area contributed by atoms with E-state index in [1.807, 2.05) is 30.3 Å². The molecule has 0 atom stereocenters. The van der Waals surface area contributed by atoms with Crippen LogP contribution in [0.3, 0.4) is 0 Å². The third-order valence-corrected chi connectivity index (χ3v) is 5.89. The standard InChI is InChI=1S/C22H18FN5OS/c23-18-9-5-4-6-15(18)12-17-13-24-22(30-17)25-21(29)19-20(14-10-11-14)28(27-26-19)16-7-2-1-3-8-16/h1-9,13-14H,10-12H2,(H,24,25,29). The second-order valence-electron chi connectivity index (χ2n) is 7.20. The Hall–Kier alpha value is -3.39. The first-order valence-electron chi connectivity index (χ1n) is 9.69. The summed E-state index contributed by atoms with van der Waals surface area (Å²) in [5.74, 6) is -0.289. The number of amides is 1. The van der Waals surface area contributed by atoms with Crippen LogP contribution in [0, 0.1) is 5.82 Å². The lowest BCUT2D eigenvalue weighted by atomic mass is 10.1. The predicted molar refractivity (Wildman–Crippen MR) is 113 cm³/mol. The zero-order chi connectivity index (χ0) is 20.5. The van der Waals surface area contributed by atoms with Gasteiger partial charge in [-0.1, -0.05) is 41.6 Å². The highest BCUT2D eigenvalue weighted by atomic mass is 32.1. The summed E-state index contributed by atoms with van der Waals surface area (Å²) in [4.78, 5) is 18.1. The highest BCUT2D eigenvalue weighted by Crippen LogP contribution is 2.42. The Kier molecular flexibility index (Phi) is 4.84. The van der Waals surface area contributed by atoms with E-state index in [0.29, 0.717) is 22.8 Å². The summed E-state index contributed by atoms with van der Waals surface area (Å²) in [7, 11) is 0. The van der Waals surface area contributed by atoms with Gasteiger partial charge in [0.25, 0.3) is 5.91 Å². The molecule has 2 aromatic carbocycles. The highest BCUT2D eigenvalue weighted by Gasteiger charge is 2.34. The first kappa shape index (κ1) is 18.6. The number of carbonyl (C=O) groups is 1. The van der Waals surface area contributed by atoms with E-state index >= 15 is 0 Å². The van der Waals surface area contributed by atoms with Gasteiger partial charge in [0.2, 0.25) is 0 Å². The number of aromatic nitrogens is 4. The lowest BCUT2D eigenvalue weighted by molar-refractivity contribution is 0.102.